The van der Waals surface area contributed by atoms with Gasteiger partial charge in [-0.1, -0.05) is 35.9 Å². The van der Waals surface area contributed by atoms with E-state index < -0.39 is 0 Å². The van der Waals surface area contributed by atoms with Crippen molar-refractivity contribution in [3.05, 3.63) is 69.6 Å². The van der Waals surface area contributed by atoms with Crippen LogP contribution in [0.25, 0.3) is 10.8 Å². The minimum Gasteiger partial charge on any atom is -0.368 e. The summed E-state index contributed by atoms with van der Waals surface area (Å²) in [4.78, 5) is 29.4. The fraction of sp³-hybridized carbons (Fsp3) is 0.286. The lowest BCUT2D eigenvalue weighted by Crippen LogP contribution is -2.50. The Morgan fingerprint density at radius 3 is 2.46 bits per heavy atom. The first-order valence-corrected chi connectivity index (χ1v) is 9.65. The molecule has 0 atom stereocenters. The molecule has 6 nitrogen and oxygen atoms in total. The Balaban J connectivity index is 1.46. The van der Waals surface area contributed by atoms with Gasteiger partial charge in [0, 0.05) is 42.3 Å². The molecule has 0 unspecified atom stereocenters. The summed E-state index contributed by atoms with van der Waals surface area (Å²) in [5.74, 6) is -0.0879. The van der Waals surface area contributed by atoms with Crippen LogP contribution in [0.4, 0.5) is 5.69 Å². The number of fused-ring (bicyclic) bond motifs is 1. The Labute approximate surface area is 167 Å². The van der Waals surface area contributed by atoms with Gasteiger partial charge in [-0.25, -0.2) is 4.68 Å². The highest BCUT2D eigenvalue weighted by Gasteiger charge is 2.22. The molecule has 2 heterocycles. The summed E-state index contributed by atoms with van der Waals surface area (Å²) in [6, 6.07) is 15.1. The molecule has 1 saturated heterocycles. The lowest BCUT2D eigenvalue weighted by molar-refractivity contribution is -0.132. The Bertz CT molecular complexity index is 1090. The van der Waals surface area contributed by atoms with Crippen LogP contribution in [0.1, 0.15) is 5.69 Å². The molecule has 1 amide bonds. The van der Waals surface area contributed by atoms with Gasteiger partial charge >= 0.3 is 0 Å². The molecule has 1 fully saturated rings. The molecule has 144 valence electrons. The Morgan fingerprint density at radius 1 is 1.04 bits per heavy atom. The lowest BCUT2D eigenvalue weighted by atomic mass is 10.1. The number of carbonyl (C=O) groups excluding carboxylic acids is 1. The molecule has 28 heavy (non-hydrogen) atoms. The van der Waals surface area contributed by atoms with Crippen LogP contribution in [-0.4, -0.2) is 46.8 Å². The largest absolute Gasteiger partial charge is 0.368 e. The van der Waals surface area contributed by atoms with Gasteiger partial charge in [-0.2, -0.15) is 5.10 Å². The van der Waals surface area contributed by atoms with Crippen LogP contribution in [0.2, 0.25) is 5.02 Å². The Kier molecular flexibility index (Phi) is 5.05. The van der Waals surface area contributed by atoms with Gasteiger partial charge in [0.1, 0.15) is 6.54 Å². The fourth-order valence-electron chi connectivity index (χ4n) is 3.63. The highest BCUT2D eigenvalue weighted by Crippen LogP contribution is 2.21. The maximum Gasteiger partial charge on any atom is 0.275 e. The number of aryl methyl sites for hydroxylation is 1. The molecule has 3 aromatic rings. The molecule has 1 aliphatic heterocycles. The number of aromatic nitrogens is 2. The lowest BCUT2D eigenvalue weighted by Gasteiger charge is -2.36. The zero-order valence-corrected chi connectivity index (χ0v) is 16.4. The first-order chi connectivity index (χ1) is 13.5. The van der Waals surface area contributed by atoms with Crippen LogP contribution in [0, 0.1) is 6.92 Å². The average Bonchev–Trinajstić information content (AvgIpc) is 2.72. The van der Waals surface area contributed by atoms with Gasteiger partial charge in [-0.05, 0) is 31.2 Å². The highest BCUT2D eigenvalue weighted by molar-refractivity contribution is 6.30. The summed E-state index contributed by atoms with van der Waals surface area (Å²) < 4.78 is 1.28. The number of nitrogens with zero attached hydrogens (tertiary/aromatic N) is 4. The number of amides is 1. The molecule has 0 spiro atoms. The van der Waals surface area contributed by atoms with Gasteiger partial charge in [0.25, 0.3) is 5.56 Å². The molecule has 0 aliphatic carbocycles. The number of rotatable bonds is 3. The molecule has 0 N–H and O–H groups in total. The molecule has 1 aromatic heterocycles. The third-order valence-electron chi connectivity index (χ3n) is 5.14. The van der Waals surface area contributed by atoms with Crippen LogP contribution in [-0.2, 0) is 11.3 Å². The van der Waals surface area contributed by atoms with E-state index >= 15 is 0 Å². The van der Waals surface area contributed by atoms with Crippen molar-refractivity contribution in [1.29, 1.82) is 0 Å². The van der Waals surface area contributed by atoms with Crippen molar-refractivity contribution in [2.75, 3.05) is 31.1 Å². The minimum absolute atomic E-state index is 0.0400. The summed E-state index contributed by atoms with van der Waals surface area (Å²) in [6.07, 6.45) is 0. The van der Waals surface area contributed by atoms with Crippen LogP contribution in [0.15, 0.2) is 53.3 Å². The predicted octanol–water partition coefficient (Wildman–Crippen LogP) is 2.71. The number of carbonyl (C=O) groups is 1. The van der Waals surface area contributed by atoms with Crippen molar-refractivity contribution >= 4 is 34.0 Å². The SMILES string of the molecule is Cc1nn(CC(=O)N2CCN(c3cccc(Cl)c3)CC2)c(=O)c2ccccc12. The van der Waals surface area contributed by atoms with Crippen LogP contribution in [0.3, 0.4) is 0 Å². The molecule has 1 aliphatic rings. The Morgan fingerprint density at radius 2 is 1.75 bits per heavy atom. The number of hydrogen-bond donors (Lipinski definition) is 0. The highest BCUT2D eigenvalue weighted by atomic mass is 35.5. The van der Waals surface area contributed by atoms with Gasteiger partial charge in [0.05, 0.1) is 11.1 Å². The summed E-state index contributed by atoms with van der Waals surface area (Å²) >= 11 is 6.07. The van der Waals surface area contributed by atoms with Gasteiger partial charge in [0.15, 0.2) is 0 Å². The zero-order chi connectivity index (χ0) is 19.7. The first kappa shape index (κ1) is 18.5. The molecular weight excluding hydrogens is 376 g/mol. The van der Waals surface area contributed by atoms with Crippen molar-refractivity contribution in [2.24, 2.45) is 0 Å². The normalized spacial score (nSPS) is 14.5. The van der Waals surface area contributed by atoms with Crippen molar-refractivity contribution < 1.29 is 4.79 Å². The van der Waals surface area contributed by atoms with E-state index in [1.54, 1.807) is 11.0 Å². The van der Waals surface area contributed by atoms with Gasteiger partial charge < -0.3 is 9.80 Å². The molecular formula is C21H21ClN4O2. The fourth-order valence-corrected chi connectivity index (χ4v) is 3.81. The molecule has 0 bridgehead atoms. The maximum atomic E-state index is 12.8. The molecule has 4 rings (SSSR count). The van der Waals surface area contributed by atoms with E-state index in [0.717, 1.165) is 29.9 Å². The van der Waals surface area contributed by atoms with E-state index in [2.05, 4.69) is 10.00 Å². The van der Waals surface area contributed by atoms with Crippen molar-refractivity contribution in [1.82, 2.24) is 14.7 Å². The van der Waals surface area contributed by atoms with Gasteiger partial charge in [-0.3, -0.25) is 9.59 Å². The van der Waals surface area contributed by atoms with E-state index in [4.69, 9.17) is 11.6 Å². The second-order valence-corrected chi connectivity index (χ2v) is 7.38. The number of benzene rings is 2. The summed E-state index contributed by atoms with van der Waals surface area (Å²) in [5, 5.41) is 6.46. The number of hydrogen-bond acceptors (Lipinski definition) is 4. The smallest absolute Gasteiger partial charge is 0.275 e. The number of halogens is 1. The zero-order valence-electron chi connectivity index (χ0n) is 15.6. The van der Waals surface area contributed by atoms with Crippen LogP contribution < -0.4 is 10.5 Å². The average molecular weight is 397 g/mol. The van der Waals surface area contributed by atoms with Crippen molar-refractivity contribution in [3.63, 3.8) is 0 Å². The first-order valence-electron chi connectivity index (χ1n) is 9.28. The second-order valence-electron chi connectivity index (χ2n) is 6.94. The van der Waals surface area contributed by atoms with E-state index in [1.807, 2.05) is 49.4 Å². The molecule has 0 radical (unpaired) electrons. The van der Waals surface area contributed by atoms with E-state index in [-0.39, 0.29) is 18.0 Å². The molecule has 7 heteroatoms. The minimum atomic E-state index is -0.230. The molecule has 2 aromatic carbocycles. The topological polar surface area (TPSA) is 58.4 Å². The predicted molar refractivity (Wildman–Crippen MR) is 111 cm³/mol. The Hall–Kier alpha value is -2.86. The van der Waals surface area contributed by atoms with E-state index in [1.165, 1.54) is 4.68 Å². The van der Waals surface area contributed by atoms with Gasteiger partial charge in [-0.15, -0.1) is 0 Å². The second kappa shape index (κ2) is 7.64. The summed E-state index contributed by atoms with van der Waals surface area (Å²) in [6.45, 7) is 4.48. The van der Waals surface area contributed by atoms with Gasteiger partial charge in [0.2, 0.25) is 5.91 Å². The number of anilines is 1. The van der Waals surface area contributed by atoms with Crippen LogP contribution in [0.5, 0.6) is 0 Å². The third kappa shape index (κ3) is 3.60. The third-order valence-corrected chi connectivity index (χ3v) is 5.38. The monoisotopic (exact) mass is 396 g/mol. The summed E-state index contributed by atoms with van der Waals surface area (Å²) in [7, 11) is 0. The van der Waals surface area contributed by atoms with E-state index in [9.17, 15) is 9.59 Å². The van der Waals surface area contributed by atoms with Crippen molar-refractivity contribution in [2.45, 2.75) is 13.5 Å². The van der Waals surface area contributed by atoms with E-state index in [0.29, 0.717) is 23.5 Å². The quantitative estimate of drug-likeness (QED) is 0.683. The number of piperazine rings is 1. The molecule has 0 saturated carbocycles. The summed E-state index contributed by atoms with van der Waals surface area (Å²) in [5.41, 5.74) is 1.57. The standard InChI is InChI=1S/C21H21ClN4O2/c1-15-18-7-2-3-8-19(18)21(28)26(23-15)14-20(27)25-11-9-24(10-12-25)17-6-4-5-16(22)13-17/h2-8,13H,9-12,14H2,1H3. The van der Waals surface area contributed by atoms with Crippen LogP contribution >= 0.6 is 11.6 Å². The van der Waals surface area contributed by atoms with Crippen molar-refractivity contribution in [3.8, 4) is 0 Å². The maximum absolute atomic E-state index is 12.8.